The first-order valence-corrected chi connectivity index (χ1v) is 11.7. The van der Waals surface area contributed by atoms with Crippen LogP contribution in [0, 0.1) is 22.7 Å². The molecule has 0 bridgehead atoms. The molecule has 2 aliphatic rings. The van der Waals surface area contributed by atoms with Gasteiger partial charge in [0.25, 0.3) is 0 Å². The summed E-state index contributed by atoms with van der Waals surface area (Å²) in [6.07, 6.45) is 0.659. The molecule has 182 valence electrons. The van der Waals surface area contributed by atoms with Gasteiger partial charge in [-0.25, -0.2) is 4.79 Å². The molecule has 0 spiro atoms. The summed E-state index contributed by atoms with van der Waals surface area (Å²) in [5.41, 5.74) is -0.369. The van der Waals surface area contributed by atoms with Crippen LogP contribution in [0.5, 0.6) is 0 Å². The molecular weight excluding hydrogens is 420 g/mol. The minimum Gasteiger partial charge on any atom is -0.460 e. The first kappa shape index (κ1) is 25.1. The molecule has 3 rings (SSSR count). The van der Waals surface area contributed by atoms with E-state index in [1.54, 1.807) is 0 Å². The number of alkyl carbamates (subject to hydrolysis) is 1. The van der Waals surface area contributed by atoms with Gasteiger partial charge < -0.3 is 20.1 Å². The van der Waals surface area contributed by atoms with E-state index < -0.39 is 17.1 Å². The van der Waals surface area contributed by atoms with E-state index in [2.05, 4.69) is 10.6 Å². The van der Waals surface area contributed by atoms with Crippen molar-refractivity contribution >= 4 is 18.0 Å². The average Bonchev–Trinajstić information content (AvgIpc) is 2.71. The summed E-state index contributed by atoms with van der Waals surface area (Å²) in [7, 11) is 0. The van der Waals surface area contributed by atoms with E-state index in [1.807, 2.05) is 78.8 Å². The molecule has 2 fully saturated rings. The lowest BCUT2D eigenvalue weighted by Gasteiger charge is -2.54. The Balaban J connectivity index is 1.47. The largest absolute Gasteiger partial charge is 0.460 e. The van der Waals surface area contributed by atoms with Crippen molar-refractivity contribution in [2.24, 2.45) is 22.7 Å². The van der Waals surface area contributed by atoms with Gasteiger partial charge in [-0.05, 0) is 50.0 Å². The number of carbonyl (C=O) groups excluding carboxylic acids is 3. The van der Waals surface area contributed by atoms with Gasteiger partial charge in [0.05, 0.1) is 5.92 Å². The van der Waals surface area contributed by atoms with Crippen molar-refractivity contribution in [2.45, 2.75) is 85.6 Å². The fraction of sp³-hybridized carbons (Fsp3) is 0.654. The molecule has 2 N–H and O–H groups in total. The highest BCUT2D eigenvalue weighted by Crippen LogP contribution is 2.50. The van der Waals surface area contributed by atoms with Crippen LogP contribution in [0.15, 0.2) is 30.3 Å². The van der Waals surface area contributed by atoms with Gasteiger partial charge in [-0.15, -0.1) is 0 Å². The molecule has 0 aromatic heterocycles. The number of hydrogen-bond donors (Lipinski definition) is 2. The second kappa shape index (κ2) is 8.99. The maximum absolute atomic E-state index is 13.0. The Kier molecular flexibility index (Phi) is 6.83. The Bertz CT molecular complexity index is 888. The predicted molar refractivity (Wildman–Crippen MR) is 125 cm³/mol. The molecule has 0 saturated heterocycles. The maximum atomic E-state index is 13.0. The van der Waals surface area contributed by atoms with Gasteiger partial charge in [0.15, 0.2) is 0 Å². The van der Waals surface area contributed by atoms with Gasteiger partial charge in [0.1, 0.15) is 12.2 Å². The van der Waals surface area contributed by atoms with Gasteiger partial charge in [-0.3, -0.25) is 9.59 Å². The number of esters is 1. The number of hydrogen-bond acceptors (Lipinski definition) is 5. The fourth-order valence-corrected chi connectivity index (χ4v) is 4.74. The summed E-state index contributed by atoms with van der Waals surface area (Å²) in [5, 5.41) is 6.04. The molecule has 1 aromatic carbocycles. The highest BCUT2D eigenvalue weighted by Gasteiger charge is 2.57. The number of carbonyl (C=O) groups is 3. The Morgan fingerprint density at radius 1 is 0.909 bits per heavy atom. The minimum absolute atomic E-state index is 0.0311. The van der Waals surface area contributed by atoms with Crippen molar-refractivity contribution in [3.8, 4) is 0 Å². The second-order valence-electron chi connectivity index (χ2n) is 11.6. The molecule has 2 aliphatic carbocycles. The lowest BCUT2D eigenvalue weighted by atomic mass is 9.56. The van der Waals surface area contributed by atoms with Crippen LogP contribution < -0.4 is 10.6 Å². The van der Waals surface area contributed by atoms with Crippen LogP contribution in [0.3, 0.4) is 0 Å². The van der Waals surface area contributed by atoms with Crippen molar-refractivity contribution in [2.75, 3.05) is 0 Å². The monoisotopic (exact) mass is 458 g/mol. The fourth-order valence-electron chi connectivity index (χ4n) is 4.74. The third-order valence-electron chi connectivity index (χ3n) is 7.36. The van der Waals surface area contributed by atoms with E-state index in [1.165, 1.54) is 0 Å². The molecule has 2 saturated carbocycles. The zero-order valence-electron chi connectivity index (χ0n) is 20.9. The smallest absolute Gasteiger partial charge is 0.407 e. The number of nitrogens with one attached hydrogen (secondary N) is 2. The molecule has 1 aromatic rings. The number of amides is 2. The van der Waals surface area contributed by atoms with Gasteiger partial charge in [0.2, 0.25) is 5.91 Å². The van der Waals surface area contributed by atoms with Crippen LogP contribution >= 0.6 is 0 Å². The van der Waals surface area contributed by atoms with E-state index in [0.717, 1.165) is 5.56 Å². The second-order valence-corrected chi connectivity index (χ2v) is 11.6. The number of ether oxygens (including phenoxy) is 2. The summed E-state index contributed by atoms with van der Waals surface area (Å²) in [6.45, 7) is 13.7. The quantitative estimate of drug-likeness (QED) is 0.623. The molecule has 33 heavy (non-hydrogen) atoms. The zero-order valence-corrected chi connectivity index (χ0v) is 20.9. The van der Waals surface area contributed by atoms with E-state index in [9.17, 15) is 14.4 Å². The predicted octanol–water partition coefficient (Wildman–Crippen LogP) is 4.20. The molecule has 2 amide bonds. The topological polar surface area (TPSA) is 93.7 Å². The van der Waals surface area contributed by atoms with Gasteiger partial charge in [-0.2, -0.15) is 0 Å². The number of rotatable bonds is 6. The summed E-state index contributed by atoms with van der Waals surface area (Å²) in [6, 6.07) is 9.28. The third kappa shape index (κ3) is 5.50. The molecule has 7 nitrogen and oxygen atoms in total. The van der Waals surface area contributed by atoms with Gasteiger partial charge >= 0.3 is 12.1 Å². The Labute approximate surface area is 197 Å². The van der Waals surface area contributed by atoms with Crippen LogP contribution in [0.4, 0.5) is 4.79 Å². The van der Waals surface area contributed by atoms with Crippen LogP contribution in [-0.2, 0) is 25.7 Å². The molecule has 0 heterocycles. The molecule has 0 radical (unpaired) electrons. The molecule has 7 heteroatoms. The SMILES string of the molecule is CC(C)(C)OC(=O)[C@H]1C[C@@H](NC(=O)[C@@H]2C[C@H](NC(=O)OCc3ccccc3)C2(C)C)C1(C)C. The van der Waals surface area contributed by atoms with E-state index in [0.29, 0.717) is 12.8 Å². The van der Waals surface area contributed by atoms with E-state index in [4.69, 9.17) is 9.47 Å². The van der Waals surface area contributed by atoms with Crippen molar-refractivity contribution in [1.82, 2.24) is 10.6 Å². The Morgan fingerprint density at radius 3 is 2.00 bits per heavy atom. The number of benzene rings is 1. The average molecular weight is 459 g/mol. The lowest BCUT2D eigenvalue weighted by Crippen LogP contribution is -2.66. The minimum atomic E-state index is -0.526. The van der Waals surface area contributed by atoms with Crippen molar-refractivity contribution in [3.63, 3.8) is 0 Å². The van der Waals surface area contributed by atoms with Crippen LogP contribution in [0.2, 0.25) is 0 Å². The van der Waals surface area contributed by atoms with Gasteiger partial charge in [0, 0.05) is 18.0 Å². The molecule has 0 aliphatic heterocycles. The van der Waals surface area contributed by atoms with Gasteiger partial charge in [-0.1, -0.05) is 58.0 Å². The standard InChI is InChI=1S/C26H38N2O5/c1-24(2,3)33-22(30)18-14-19(26(18,6)7)27-21(29)17-13-20(25(17,4)5)28-23(31)32-15-16-11-9-8-10-12-16/h8-12,17-20H,13-15H2,1-7H3,(H,27,29)(H,28,31)/t17-,18+,19+,20-/m0/s1. The van der Waals surface area contributed by atoms with Crippen LogP contribution in [0.25, 0.3) is 0 Å². The van der Waals surface area contributed by atoms with Crippen molar-refractivity contribution in [3.05, 3.63) is 35.9 Å². The first-order chi connectivity index (χ1) is 15.2. The Hall–Kier alpha value is -2.57. The molecular formula is C26H38N2O5. The summed E-state index contributed by atoms with van der Waals surface area (Å²) in [4.78, 5) is 37.7. The van der Waals surface area contributed by atoms with Crippen LogP contribution in [0.1, 0.15) is 66.9 Å². The van der Waals surface area contributed by atoms with Crippen molar-refractivity contribution < 1.29 is 23.9 Å². The third-order valence-corrected chi connectivity index (χ3v) is 7.36. The normalized spacial score (nSPS) is 27.4. The summed E-state index contributed by atoms with van der Waals surface area (Å²) < 4.78 is 10.9. The zero-order chi connectivity index (χ0) is 24.6. The van der Waals surface area contributed by atoms with Crippen LogP contribution in [-0.4, -0.2) is 35.7 Å². The summed E-state index contributed by atoms with van der Waals surface area (Å²) in [5.74, 6) is -0.685. The Morgan fingerprint density at radius 2 is 1.45 bits per heavy atom. The van der Waals surface area contributed by atoms with Crippen molar-refractivity contribution in [1.29, 1.82) is 0 Å². The highest BCUT2D eigenvalue weighted by atomic mass is 16.6. The lowest BCUT2D eigenvalue weighted by molar-refractivity contribution is -0.175. The first-order valence-electron chi connectivity index (χ1n) is 11.7. The highest BCUT2D eigenvalue weighted by molar-refractivity contribution is 5.83. The molecule has 4 atom stereocenters. The van der Waals surface area contributed by atoms with E-state index in [-0.39, 0.29) is 47.8 Å². The maximum Gasteiger partial charge on any atom is 0.407 e. The summed E-state index contributed by atoms with van der Waals surface area (Å²) >= 11 is 0. The molecule has 0 unspecified atom stereocenters. The van der Waals surface area contributed by atoms with E-state index >= 15 is 0 Å².